The summed E-state index contributed by atoms with van der Waals surface area (Å²) in [6.07, 6.45) is 0.923. The summed E-state index contributed by atoms with van der Waals surface area (Å²) < 4.78 is 5.98. The average molecular weight is 289 g/mol. The van der Waals surface area contributed by atoms with Gasteiger partial charge in [0.05, 0.1) is 0 Å². The molecule has 0 atom stereocenters. The van der Waals surface area contributed by atoms with Crippen LogP contribution in [0.4, 0.5) is 11.4 Å². The standard InChI is InChI=1S/C20H19NO/c1-2-16-15-18(21-17-9-5-3-6-10-17)13-14-20(16)22-19-11-7-4-8-12-19/h3-15,21H,2H2,1H3. The van der Waals surface area contributed by atoms with Crippen molar-refractivity contribution in [2.75, 3.05) is 5.32 Å². The number of hydrogen-bond acceptors (Lipinski definition) is 2. The molecule has 0 fully saturated rings. The highest BCUT2D eigenvalue weighted by molar-refractivity contribution is 5.62. The summed E-state index contributed by atoms with van der Waals surface area (Å²) in [5.74, 6) is 1.77. The largest absolute Gasteiger partial charge is 0.457 e. The van der Waals surface area contributed by atoms with Crippen molar-refractivity contribution in [2.45, 2.75) is 13.3 Å². The number of rotatable bonds is 5. The van der Waals surface area contributed by atoms with Crippen LogP contribution in [-0.2, 0) is 6.42 Å². The van der Waals surface area contributed by atoms with Crippen molar-refractivity contribution in [3.05, 3.63) is 84.4 Å². The monoisotopic (exact) mass is 289 g/mol. The van der Waals surface area contributed by atoms with Gasteiger partial charge in [-0.1, -0.05) is 43.3 Å². The first-order chi connectivity index (χ1) is 10.8. The molecule has 0 unspecified atom stereocenters. The highest BCUT2D eigenvalue weighted by atomic mass is 16.5. The Balaban J connectivity index is 1.81. The molecule has 0 aliphatic rings. The lowest BCUT2D eigenvalue weighted by Gasteiger charge is -2.13. The average Bonchev–Trinajstić information content (AvgIpc) is 2.58. The Morgan fingerprint density at radius 3 is 2.14 bits per heavy atom. The van der Waals surface area contributed by atoms with E-state index in [1.54, 1.807) is 0 Å². The second-order valence-electron chi connectivity index (χ2n) is 5.08. The van der Waals surface area contributed by atoms with Crippen LogP contribution < -0.4 is 10.1 Å². The SMILES string of the molecule is CCc1cc(Nc2ccccc2)ccc1Oc1ccccc1. The van der Waals surface area contributed by atoms with Gasteiger partial charge >= 0.3 is 0 Å². The summed E-state index contributed by atoms with van der Waals surface area (Å²) in [7, 11) is 0. The maximum atomic E-state index is 5.98. The van der Waals surface area contributed by atoms with Crippen LogP contribution in [0.3, 0.4) is 0 Å². The van der Waals surface area contributed by atoms with Gasteiger partial charge in [0.25, 0.3) is 0 Å². The Hall–Kier alpha value is -2.74. The summed E-state index contributed by atoms with van der Waals surface area (Å²) in [5, 5.41) is 3.41. The molecule has 0 spiro atoms. The van der Waals surface area contributed by atoms with E-state index in [9.17, 15) is 0 Å². The van der Waals surface area contributed by atoms with E-state index in [1.807, 2.05) is 60.7 Å². The van der Waals surface area contributed by atoms with Gasteiger partial charge in [0.15, 0.2) is 0 Å². The van der Waals surface area contributed by atoms with Gasteiger partial charge < -0.3 is 10.1 Å². The van der Waals surface area contributed by atoms with E-state index in [1.165, 1.54) is 5.56 Å². The molecule has 0 amide bonds. The lowest BCUT2D eigenvalue weighted by atomic mass is 10.1. The molecular weight excluding hydrogens is 270 g/mol. The van der Waals surface area contributed by atoms with E-state index in [-0.39, 0.29) is 0 Å². The zero-order chi connectivity index (χ0) is 15.2. The third kappa shape index (κ3) is 3.47. The van der Waals surface area contributed by atoms with Crippen molar-refractivity contribution in [1.29, 1.82) is 0 Å². The lowest BCUT2D eigenvalue weighted by Crippen LogP contribution is -1.94. The van der Waals surface area contributed by atoms with Crippen LogP contribution in [0.25, 0.3) is 0 Å². The maximum Gasteiger partial charge on any atom is 0.130 e. The quantitative estimate of drug-likeness (QED) is 0.642. The first-order valence-electron chi connectivity index (χ1n) is 7.53. The Labute approximate surface area is 131 Å². The van der Waals surface area contributed by atoms with Crippen molar-refractivity contribution < 1.29 is 4.74 Å². The fraction of sp³-hybridized carbons (Fsp3) is 0.100. The van der Waals surface area contributed by atoms with Crippen molar-refractivity contribution in [3.8, 4) is 11.5 Å². The van der Waals surface area contributed by atoms with Crippen LogP contribution in [-0.4, -0.2) is 0 Å². The molecule has 110 valence electrons. The van der Waals surface area contributed by atoms with Gasteiger partial charge in [-0.25, -0.2) is 0 Å². The van der Waals surface area contributed by atoms with Crippen molar-refractivity contribution >= 4 is 11.4 Å². The molecule has 0 aromatic heterocycles. The van der Waals surface area contributed by atoms with E-state index in [0.717, 1.165) is 29.3 Å². The molecule has 0 radical (unpaired) electrons. The smallest absolute Gasteiger partial charge is 0.130 e. The zero-order valence-corrected chi connectivity index (χ0v) is 12.6. The molecule has 2 heteroatoms. The summed E-state index contributed by atoms with van der Waals surface area (Å²) in [6.45, 7) is 2.14. The van der Waals surface area contributed by atoms with Crippen LogP contribution in [0.1, 0.15) is 12.5 Å². The fourth-order valence-electron chi connectivity index (χ4n) is 2.34. The van der Waals surface area contributed by atoms with Gasteiger partial charge in [0, 0.05) is 11.4 Å². The molecule has 1 N–H and O–H groups in total. The third-order valence-corrected chi connectivity index (χ3v) is 3.47. The molecule has 22 heavy (non-hydrogen) atoms. The van der Waals surface area contributed by atoms with Crippen molar-refractivity contribution in [2.24, 2.45) is 0 Å². The molecule has 0 saturated heterocycles. The first kappa shape index (κ1) is 14.2. The zero-order valence-electron chi connectivity index (χ0n) is 12.6. The van der Waals surface area contributed by atoms with E-state index >= 15 is 0 Å². The van der Waals surface area contributed by atoms with E-state index < -0.39 is 0 Å². The minimum atomic E-state index is 0.862. The molecule has 0 saturated carbocycles. The first-order valence-corrected chi connectivity index (χ1v) is 7.53. The van der Waals surface area contributed by atoms with E-state index in [2.05, 4.69) is 30.4 Å². The predicted molar refractivity (Wildman–Crippen MR) is 92.1 cm³/mol. The number of ether oxygens (including phenoxy) is 1. The molecule has 0 heterocycles. The highest BCUT2D eigenvalue weighted by Crippen LogP contribution is 2.29. The molecule has 3 aromatic carbocycles. The summed E-state index contributed by atoms with van der Waals surface area (Å²) >= 11 is 0. The van der Waals surface area contributed by atoms with Crippen LogP contribution >= 0.6 is 0 Å². The highest BCUT2D eigenvalue weighted by Gasteiger charge is 2.05. The van der Waals surface area contributed by atoms with Crippen LogP contribution in [0.2, 0.25) is 0 Å². The number of anilines is 2. The van der Waals surface area contributed by atoms with Crippen LogP contribution in [0.15, 0.2) is 78.9 Å². The number of aryl methyl sites for hydroxylation is 1. The molecule has 0 bridgehead atoms. The van der Waals surface area contributed by atoms with Gasteiger partial charge in [-0.3, -0.25) is 0 Å². The number of benzene rings is 3. The van der Waals surface area contributed by atoms with Gasteiger partial charge in [-0.2, -0.15) is 0 Å². The molecule has 0 aliphatic carbocycles. The van der Waals surface area contributed by atoms with Gasteiger partial charge in [0.2, 0.25) is 0 Å². The number of para-hydroxylation sites is 2. The Kier molecular flexibility index (Phi) is 4.40. The summed E-state index contributed by atoms with van der Waals surface area (Å²) in [6, 6.07) is 26.3. The van der Waals surface area contributed by atoms with Crippen molar-refractivity contribution in [3.63, 3.8) is 0 Å². The van der Waals surface area contributed by atoms with E-state index in [0.29, 0.717) is 0 Å². The predicted octanol–water partition coefficient (Wildman–Crippen LogP) is 5.78. The minimum Gasteiger partial charge on any atom is -0.457 e. The lowest BCUT2D eigenvalue weighted by molar-refractivity contribution is 0.477. The third-order valence-electron chi connectivity index (χ3n) is 3.47. The summed E-state index contributed by atoms with van der Waals surface area (Å²) in [4.78, 5) is 0. The molecule has 2 nitrogen and oxygen atoms in total. The van der Waals surface area contributed by atoms with Gasteiger partial charge in [-0.15, -0.1) is 0 Å². The number of hydrogen-bond donors (Lipinski definition) is 1. The van der Waals surface area contributed by atoms with Gasteiger partial charge in [-0.05, 0) is 54.4 Å². The molecular formula is C20H19NO. The Bertz CT molecular complexity index is 723. The topological polar surface area (TPSA) is 21.3 Å². The van der Waals surface area contributed by atoms with Crippen LogP contribution in [0, 0.1) is 0 Å². The Morgan fingerprint density at radius 1 is 0.773 bits per heavy atom. The Morgan fingerprint density at radius 2 is 1.45 bits per heavy atom. The second-order valence-corrected chi connectivity index (χ2v) is 5.08. The molecule has 3 rings (SSSR count). The van der Waals surface area contributed by atoms with Crippen molar-refractivity contribution in [1.82, 2.24) is 0 Å². The minimum absolute atomic E-state index is 0.862. The molecule has 3 aromatic rings. The second kappa shape index (κ2) is 6.81. The maximum absolute atomic E-state index is 5.98. The van der Waals surface area contributed by atoms with Gasteiger partial charge in [0.1, 0.15) is 11.5 Å². The normalized spacial score (nSPS) is 10.2. The number of nitrogens with one attached hydrogen (secondary N) is 1. The van der Waals surface area contributed by atoms with E-state index in [4.69, 9.17) is 4.74 Å². The molecule has 0 aliphatic heterocycles. The van der Waals surface area contributed by atoms with Crippen LogP contribution in [0.5, 0.6) is 11.5 Å². The fourth-order valence-corrected chi connectivity index (χ4v) is 2.34. The summed E-state index contributed by atoms with van der Waals surface area (Å²) in [5.41, 5.74) is 3.34.